The van der Waals surface area contributed by atoms with Crippen LogP contribution in [0, 0.1) is 5.41 Å². The molecule has 1 saturated heterocycles. The predicted molar refractivity (Wildman–Crippen MR) is 178 cm³/mol. The van der Waals surface area contributed by atoms with Gasteiger partial charge in [-0.25, -0.2) is 0 Å². The first kappa shape index (κ1) is 38.3. The minimum atomic E-state index is -0.881. The molecule has 2 aliphatic rings. The zero-order chi connectivity index (χ0) is 32.4. The van der Waals surface area contributed by atoms with Crippen LogP contribution >= 0.6 is 0 Å². The van der Waals surface area contributed by atoms with E-state index in [9.17, 15) is 14.4 Å². The first-order valence-electron chi connectivity index (χ1n) is 17.8. The summed E-state index contributed by atoms with van der Waals surface area (Å²) in [4.78, 5) is 41.3. The molecule has 2 rings (SSSR count). The lowest BCUT2D eigenvalue weighted by atomic mass is 9.85. The lowest BCUT2D eigenvalue weighted by Crippen LogP contribution is -2.60. The lowest BCUT2D eigenvalue weighted by molar-refractivity contribution is -0.304. The molecular formula is C36H65N3O5. The van der Waals surface area contributed by atoms with Crippen LogP contribution in [-0.4, -0.2) is 59.7 Å². The Labute approximate surface area is 268 Å². The van der Waals surface area contributed by atoms with E-state index in [0.29, 0.717) is 13.0 Å². The van der Waals surface area contributed by atoms with Crippen molar-refractivity contribution in [3.8, 4) is 0 Å². The maximum Gasteiger partial charge on any atom is 0.250 e. The number of ether oxygens (including phenoxy) is 2. The van der Waals surface area contributed by atoms with Crippen molar-refractivity contribution < 1.29 is 23.9 Å². The Kier molecular flexibility index (Phi) is 17.6. The maximum atomic E-state index is 13.6. The Morgan fingerprint density at radius 1 is 0.864 bits per heavy atom. The third-order valence-corrected chi connectivity index (χ3v) is 9.18. The number of carbonyl (C=O) groups excluding carboxylic acids is 3. The molecule has 1 aliphatic carbocycles. The van der Waals surface area contributed by atoms with Gasteiger partial charge in [0.2, 0.25) is 17.7 Å². The van der Waals surface area contributed by atoms with E-state index in [1.165, 1.54) is 57.8 Å². The molecule has 8 heteroatoms. The molecule has 0 radical (unpaired) electrons. The molecular weight excluding hydrogens is 554 g/mol. The lowest BCUT2D eigenvalue weighted by Gasteiger charge is -2.45. The van der Waals surface area contributed by atoms with Crippen LogP contribution < -0.4 is 11.1 Å². The average molecular weight is 620 g/mol. The molecule has 2 fully saturated rings. The molecule has 3 N–H and O–H groups in total. The van der Waals surface area contributed by atoms with Crippen molar-refractivity contribution in [3.63, 3.8) is 0 Å². The number of amides is 3. The molecule has 2 atom stereocenters. The number of unbranched alkanes of at least 4 members (excludes halogenated alkanes) is 11. The van der Waals surface area contributed by atoms with Crippen molar-refractivity contribution in [1.29, 1.82) is 0 Å². The number of carbonyl (C=O) groups is 3. The van der Waals surface area contributed by atoms with Crippen molar-refractivity contribution in [1.82, 2.24) is 10.2 Å². The van der Waals surface area contributed by atoms with Gasteiger partial charge in [-0.2, -0.15) is 0 Å². The Morgan fingerprint density at radius 2 is 1.43 bits per heavy atom. The molecule has 0 aromatic carbocycles. The number of nitrogens with one attached hydrogen (secondary N) is 1. The van der Waals surface area contributed by atoms with Crippen LogP contribution in [0.4, 0.5) is 0 Å². The fraction of sp³-hybridized carbons (Fsp3) is 0.861. The molecule has 1 heterocycles. The Bertz CT molecular complexity index is 881. The van der Waals surface area contributed by atoms with Gasteiger partial charge in [0.25, 0.3) is 0 Å². The molecule has 8 nitrogen and oxygen atoms in total. The average Bonchev–Trinajstić information content (AvgIpc) is 2.98. The number of primary amides is 1. The fourth-order valence-corrected chi connectivity index (χ4v) is 6.41. The highest BCUT2D eigenvalue weighted by atomic mass is 16.7. The van der Waals surface area contributed by atoms with Gasteiger partial charge in [-0.3, -0.25) is 14.4 Å². The number of allylic oxidation sites excluding steroid dienone is 2. The van der Waals surface area contributed by atoms with Crippen LogP contribution in [0.3, 0.4) is 0 Å². The van der Waals surface area contributed by atoms with Crippen LogP contribution in [0.5, 0.6) is 0 Å². The summed E-state index contributed by atoms with van der Waals surface area (Å²) in [6.07, 6.45) is 24.9. The summed E-state index contributed by atoms with van der Waals surface area (Å²) in [5, 5.41) is 2.90. The van der Waals surface area contributed by atoms with Gasteiger partial charge in [0.1, 0.15) is 12.1 Å². The highest BCUT2D eigenvalue weighted by Crippen LogP contribution is 2.35. The van der Waals surface area contributed by atoms with Gasteiger partial charge < -0.3 is 25.4 Å². The second kappa shape index (κ2) is 20.2. The largest absolute Gasteiger partial charge is 0.368 e. The monoisotopic (exact) mass is 619 g/mol. The molecule has 0 bridgehead atoms. The Hall–Kier alpha value is -1.93. The van der Waals surface area contributed by atoms with Gasteiger partial charge in [0, 0.05) is 24.4 Å². The van der Waals surface area contributed by atoms with Crippen LogP contribution in [0.1, 0.15) is 157 Å². The molecule has 0 aromatic heterocycles. The highest BCUT2D eigenvalue weighted by Gasteiger charge is 2.46. The van der Waals surface area contributed by atoms with Crippen LogP contribution in [0.25, 0.3) is 0 Å². The van der Waals surface area contributed by atoms with Crippen LogP contribution in [0.15, 0.2) is 12.2 Å². The van der Waals surface area contributed by atoms with E-state index < -0.39 is 29.3 Å². The minimum absolute atomic E-state index is 0.0139. The van der Waals surface area contributed by atoms with Crippen molar-refractivity contribution in [3.05, 3.63) is 12.2 Å². The standard InChI is InChI=1S/C36H65N3O5/c1-6-7-8-9-10-11-12-13-14-15-16-17-18-19-23-26-31(40)39(29-24-21-20-22-25-29)30(33(37)41)27-38-34(42)32-35(2,3)28-43-36(4,5)44-32/h13-14,29-30,32H,6-12,15-28H2,1-5H3,(H2,37,41)(H,38,42)/b14-13-. The van der Waals surface area contributed by atoms with Gasteiger partial charge in [-0.1, -0.05) is 104 Å². The van der Waals surface area contributed by atoms with Crippen molar-refractivity contribution in [2.75, 3.05) is 13.2 Å². The Morgan fingerprint density at radius 3 is 2.02 bits per heavy atom. The van der Waals surface area contributed by atoms with Crippen molar-refractivity contribution >= 4 is 17.7 Å². The number of hydrogen-bond donors (Lipinski definition) is 2. The number of rotatable bonds is 21. The van der Waals surface area contributed by atoms with E-state index in [0.717, 1.165) is 57.8 Å². The summed E-state index contributed by atoms with van der Waals surface area (Å²) < 4.78 is 11.7. The van der Waals surface area contributed by atoms with Gasteiger partial charge >= 0.3 is 0 Å². The Balaban J connectivity index is 1.81. The third kappa shape index (κ3) is 14.0. The molecule has 0 spiro atoms. The van der Waals surface area contributed by atoms with Crippen LogP contribution in [0.2, 0.25) is 0 Å². The summed E-state index contributed by atoms with van der Waals surface area (Å²) in [6.45, 7) is 10.0. The maximum absolute atomic E-state index is 13.6. The summed E-state index contributed by atoms with van der Waals surface area (Å²) in [5.41, 5.74) is 5.35. The zero-order valence-electron chi connectivity index (χ0n) is 28.8. The molecule has 2 unspecified atom stereocenters. The van der Waals surface area contributed by atoms with Gasteiger partial charge in [-0.05, 0) is 58.8 Å². The summed E-state index contributed by atoms with van der Waals surface area (Å²) in [7, 11) is 0. The van der Waals surface area contributed by atoms with E-state index in [1.54, 1.807) is 18.7 Å². The van der Waals surface area contributed by atoms with Gasteiger partial charge in [0.05, 0.1) is 6.61 Å². The topological polar surface area (TPSA) is 111 Å². The third-order valence-electron chi connectivity index (χ3n) is 9.18. The van der Waals surface area contributed by atoms with Crippen molar-refractivity contribution in [2.45, 2.75) is 181 Å². The number of nitrogens with zero attached hydrogens (tertiary/aromatic N) is 1. The summed E-state index contributed by atoms with van der Waals surface area (Å²) in [6, 6.07) is -0.905. The fourth-order valence-electron chi connectivity index (χ4n) is 6.41. The summed E-state index contributed by atoms with van der Waals surface area (Å²) >= 11 is 0. The second-order valence-corrected chi connectivity index (χ2v) is 14.3. The smallest absolute Gasteiger partial charge is 0.250 e. The van der Waals surface area contributed by atoms with Gasteiger partial charge in [0.15, 0.2) is 5.79 Å². The minimum Gasteiger partial charge on any atom is -0.368 e. The second-order valence-electron chi connectivity index (χ2n) is 14.3. The van der Waals surface area contributed by atoms with E-state index in [2.05, 4.69) is 24.4 Å². The molecule has 254 valence electrons. The molecule has 1 aliphatic heterocycles. The molecule has 1 saturated carbocycles. The normalized spacial score (nSPS) is 20.8. The molecule has 0 aromatic rings. The van der Waals surface area contributed by atoms with Crippen molar-refractivity contribution in [2.24, 2.45) is 11.1 Å². The van der Waals surface area contributed by atoms with Crippen LogP contribution in [-0.2, 0) is 23.9 Å². The zero-order valence-corrected chi connectivity index (χ0v) is 28.8. The quantitative estimate of drug-likeness (QED) is 0.103. The SMILES string of the molecule is CCCCCCCC/C=C\CCCCCCCC(=O)N(C1CCCCC1)C(CNC(=O)C1OC(C)(C)OCC1(C)C)C(N)=O. The highest BCUT2D eigenvalue weighted by molar-refractivity contribution is 5.88. The number of hydrogen-bond acceptors (Lipinski definition) is 5. The van der Waals surface area contributed by atoms with E-state index in [4.69, 9.17) is 15.2 Å². The first-order valence-corrected chi connectivity index (χ1v) is 17.8. The van der Waals surface area contributed by atoms with E-state index >= 15 is 0 Å². The van der Waals surface area contributed by atoms with Gasteiger partial charge in [-0.15, -0.1) is 0 Å². The van der Waals surface area contributed by atoms with E-state index in [-0.39, 0.29) is 24.4 Å². The molecule has 3 amide bonds. The molecule has 44 heavy (non-hydrogen) atoms. The van der Waals surface area contributed by atoms with E-state index in [1.807, 2.05) is 13.8 Å². The number of nitrogens with two attached hydrogens (primary N) is 1. The first-order chi connectivity index (χ1) is 21.0. The summed E-state index contributed by atoms with van der Waals surface area (Å²) in [5.74, 6) is -1.81. The predicted octanol–water partition coefficient (Wildman–Crippen LogP) is 7.33.